The Hall–Kier alpha value is -1.31. The molecule has 0 aromatic carbocycles. The monoisotopic (exact) mass is 174 g/mol. The minimum Gasteiger partial charge on any atom is -0.240 e. The molecular weight excluding hydrogens is 160 g/mol. The Morgan fingerprint density at radius 3 is 2.77 bits per heavy atom. The fourth-order valence-electron chi connectivity index (χ4n) is 1.47. The summed E-state index contributed by atoms with van der Waals surface area (Å²) in [5.41, 5.74) is 3.76. The zero-order valence-electron chi connectivity index (χ0n) is 8.28. The van der Waals surface area contributed by atoms with Crippen molar-refractivity contribution in [2.75, 3.05) is 0 Å². The van der Waals surface area contributed by atoms with Gasteiger partial charge in [0, 0.05) is 6.20 Å². The van der Waals surface area contributed by atoms with Crippen LogP contribution in [0.2, 0.25) is 0 Å². The van der Waals surface area contributed by atoms with Crippen molar-refractivity contribution < 1.29 is 0 Å². The Bertz CT molecular complexity index is 427. The molecule has 0 unspecified atom stereocenters. The highest BCUT2D eigenvalue weighted by molar-refractivity contribution is 5.53. The van der Waals surface area contributed by atoms with Crippen LogP contribution in [0.4, 0.5) is 0 Å². The molecular formula is C11H14N2. The van der Waals surface area contributed by atoms with E-state index in [1.54, 1.807) is 0 Å². The van der Waals surface area contributed by atoms with E-state index >= 15 is 0 Å². The van der Waals surface area contributed by atoms with Crippen molar-refractivity contribution in [2.45, 2.75) is 26.7 Å². The summed E-state index contributed by atoms with van der Waals surface area (Å²) in [6.45, 7) is 6.46. The Morgan fingerprint density at radius 2 is 2.08 bits per heavy atom. The third kappa shape index (κ3) is 1.32. The van der Waals surface area contributed by atoms with Crippen molar-refractivity contribution in [3.8, 4) is 0 Å². The van der Waals surface area contributed by atoms with Gasteiger partial charge in [-0.1, -0.05) is 19.9 Å². The molecule has 2 heterocycles. The average molecular weight is 174 g/mol. The van der Waals surface area contributed by atoms with Crippen LogP contribution in [0.1, 0.15) is 30.9 Å². The van der Waals surface area contributed by atoms with Gasteiger partial charge in [0.2, 0.25) is 0 Å². The van der Waals surface area contributed by atoms with Gasteiger partial charge in [-0.2, -0.15) is 5.10 Å². The third-order valence-corrected chi connectivity index (χ3v) is 2.40. The number of fused-ring (bicyclic) bond motifs is 1. The number of nitrogens with zero attached hydrogens (tertiary/aromatic N) is 2. The maximum Gasteiger partial charge on any atom is 0.0690 e. The maximum atomic E-state index is 4.28. The van der Waals surface area contributed by atoms with Crippen molar-refractivity contribution in [1.82, 2.24) is 9.61 Å². The summed E-state index contributed by atoms with van der Waals surface area (Å²) in [4.78, 5) is 0. The summed E-state index contributed by atoms with van der Waals surface area (Å²) < 4.78 is 1.95. The minimum absolute atomic E-state index is 0.564. The number of aryl methyl sites for hydroxylation is 1. The van der Waals surface area contributed by atoms with E-state index in [0.29, 0.717) is 5.92 Å². The fraction of sp³-hybridized carbons (Fsp3) is 0.364. The molecule has 0 aliphatic heterocycles. The number of hydrogen-bond donors (Lipinski definition) is 0. The predicted octanol–water partition coefficient (Wildman–Crippen LogP) is 2.77. The predicted molar refractivity (Wildman–Crippen MR) is 54.0 cm³/mol. The second kappa shape index (κ2) is 2.87. The molecule has 13 heavy (non-hydrogen) atoms. The highest BCUT2D eigenvalue weighted by Gasteiger charge is 2.02. The first-order chi connectivity index (χ1) is 6.18. The average Bonchev–Trinajstić information content (AvgIpc) is 2.47. The lowest BCUT2D eigenvalue weighted by Crippen LogP contribution is -1.93. The van der Waals surface area contributed by atoms with Gasteiger partial charge in [-0.3, -0.25) is 0 Å². The molecule has 0 aliphatic carbocycles. The van der Waals surface area contributed by atoms with Gasteiger partial charge in [0.1, 0.15) is 0 Å². The van der Waals surface area contributed by atoms with Crippen molar-refractivity contribution in [1.29, 1.82) is 0 Å². The van der Waals surface area contributed by atoms with Crippen LogP contribution in [0.15, 0.2) is 24.5 Å². The van der Waals surface area contributed by atoms with Crippen LogP contribution in [0.25, 0.3) is 5.52 Å². The maximum absolute atomic E-state index is 4.28. The second-order valence-electron chi connectivity index (χ2n) is 3.77. The van der Waals surface area contributed by atoms with Gasteiger partial charge in [-0.15, -0.1) is 0 Å². The summed E-state index contributed by atoms with van der Waals surface area (Å²) >= 11 is 0. The summed E-state index contributed by atoms with van der Waals surface area (Å²) in [7, 11) is 0. The summed E-state index contributed by atoms with van der Waals surface area (Å²) in [6.07, 6.45) is 4.01. The Morgan fingerprint density at radius 1 is 1.31 bits per heavy atom. The highest BCUT2D eigenvalue weighted by Crippen LogP contribution is 2.16. The SMILES string of the molecule is Cc1cnn2cc(C(C)C)ccc12. The van der Waals surface area contributed by atoms with Gasteiger partial charge in [0.05, 0.1) is 11.7 Å². The fourth-order valence-corrected chi connectivity index (χ4v) is 1.47. The minimum atomic E-state index is 0.564. The van der Waals surface area contributed by atoms with Crippen LogP contribution in [0.3, 0.4) is 0 Å². The second-order valence-corrected chi connectivity index (χ2v) is 3.77. The van der Waals surface area contributed by atoms with E-state index in [-0.39, 0.29) is 0 Å². The summed E-state index contributed by atoms with van der Waals surface area (Å²) in [5, 5.41) is 4.28. The third-order valence-electron chi connectivity index (χ3n) is 2.40. The molecule has 68 valence electrons. The molecule has 0 spiro atoms. The highest BCUT2D eigenvalue weighted by atomic mass is 15.2. The molecule has 0 aliphatic rings. The Balaban J connectivity index is 2.63. The van der Waals surface area contributed by atoms with Gasteiger partial charge in [-0.05, 0) is 30.0 Å². The van der Waals surface area contributed by atoms with Crippen LogP contribution >= 0.6 is 0 Å². The zero-order valence-corrected chi connectivity index (χ0v) is 8.28. The van der Waals surface area contributed by atoms with E-state index in [1.807, 2.05) is 10.7 Å². The Labute approximate surface area is 78.2 Å². The lowest BCUT2D eigenvalue weighted by atomic mass is 10.1. The Kier molecular flexibility index (Phi) is 1.83. The molecule has 2 nitrogen and oxygen atoms in total. The number of pyridine rings is 1. The molecule has 0 saturated heterocycles. The van der Waals surface area contributed by atoms with Crippen LogP contribution in [0.5, 0.6) is 0 Å². The molecule has 2 heteroatoms. The first-order valence-electron chi connectivity index (χ1n) is 4.62. The van der Waals surface area contributed by atoms with Gasteiger partial charge >= 0.3 is 0 Å². The molecule has 2 aromatic rings. The molecule has 2 rings (SSSR count). The van der Waals surface area contributed by atoms with E-state index in [4.69, 9.17) is 0 Å². The van der Waals surface area contributed by atoms with Crippen LogP contribution < -0.4 is 0 Å². The molecule has 0 radical (unpaired) electrons. The van der Waals surface area contributed by atoms with Crippen molar-refractivity contribution in [3.63, 3.8) is 0 Å². The lowest BCUT2D eigenvalue weighted by molar-refractivity contribution is 0.835. The summed E-state index contributed by atoms with van der Waals surface area (Å²) in [5.74, 6) is 0.564. The van der Waals surface area contributed by atoms with Gasteiger partial charge in [0.15, 0.2) is 0 Å². The van der Waals surface area contributed by atoms with E-state index in [1.165, 1.54) is 16.6 Å². The number of aromatic nitrogens is 2. The largest absolute Gasteiger partial charge is 0.240 e. The first kappa shape index (κ1) is 8.30. The molecule has 2 aromatic heterocycles. The lowest BCUT2D eigenvalue weighted by Gasteiger charge is -2.04. The standard InChI is InChI=1S/C11H14N2/c1-8(2)10-4-5-11-9(3)6-12-13(11)7-10/h4-8H,1-3H3. The van der Waals surface area contributed by atoms with Crippen LogP contribution in [0, 0.1) is 6.92 Å². The summed E-state index contributed by atoms with van der Waals surface area (Å²) in [6, 6.07) is 4.31. The van der Waals surface area contributed by atoms with Gasteiger partial charge in [-0.25, -0.2) is 4.52 Å². The van der Waals surface area contributed by atoms with E-state index in [0.717, 1.165) is 0 Å². The first-order valence-corrected chi connectivity index (χ1v) is 4.62. The zero-order chi connectivity index (χ0) is 9.42. The number of hydrogen-bond acceptors (Lipinski definition) is 1. The number of rotatable bonds is 1. The van der Waals surface area contributed by atoms with Crippen molar-refractivity contribution >= 4 is 5.52 Å². The quantitative estimate of drug-likeness (QED) is 0.649. The van der Waals surface area contributed by atoms with Crippen LogP contribution in [-0.4, -0.2) is 9.61 Å². The van der Waals surface area contributed by atoms with E-state index < -0.39 is 0 Å². The molecule has 0 saturated carbocycles. The van der Waals surface area contributed by atoms with Crippen molar-refractivity contribution in [3.05, 3.63) is 35.7 Å². The van der Waals surface area contributed by atoms with E-state index in [9.17, 15) is 0 Å². The smallest absolute Gasteiger partial charge is 0.0690 e. The molecule has 0 N–H and O–H groups in total. The molecule has 0 amide bonds. The molecule has 0 atom stereocenters. The molecule has 0 bridgehead atoms. The van der Waals surface area contributed by atoms with Gasteiger partial charge < -0.3 is 0 Å². The van der Waals surface area contributed by atoms with Gasteiger partial charge in [0.25, 0.3) is 0 Å². The molecule has 0 fully saturated rings. The van der Waals surface area contributed by atoms with Crippen molar-refractivity contribution in [2.24, 2.45) is 0 Å². The van der Waals surface area contributed by atoms with E-state index in [2.05, 4.69) is 44.2 Å². The topological polar surface area (TPSA) is 17.3 Å². The van der Waals surface area contributed by atoms with Crippen LogP contribution in [-0.2, 0) is 0 Å². The normalized spacial score (nSPS) is 11.4.